The molecule has 2 aromatic rings. The summed E-state index contributed by atoms with van der Waals surface area (Å²) in [6, 6.07) is 7.57. The van der Waals surface area contributed by atoms with Crippen LogP contribution in [0.1, 0.15) is 13.3 Å². The molecule has 1 aliphatic heterocycles. The van der Waals surface area contributed by atoms with Gasteiger partial charge in [-0.3, -0.25) is 14.5 Å². The summed E-state index contributed by atoms with van der Waals surface area (Å²) in [4.78, 5) is 44.1. The molecule has 0 radical (unpaired) electrons. The minimum Gasteiger partial charge on any atom is -0.474 e. The van der Waals surface area contributed by atoms with Gasteiger partial charge in [-0.2, -0.15) is 0 Å². The molecule has 0 fully saturated rings. The van der Waals surface area contributed by atoms with Gasteiger partial charge in [-0.15, -0.1) is 0 Å². The molecule has 10 heteroatoms. The SMILES string of the molecule is CCC1Oc2ccc([N+](=O)[O-])nc2N(CC(=O)Nc2ccccn2)C1=O. The van der Waals surface area contributed by atoms with Crippen molar-refractivity contribution in [1.82, 2.24) is 9.97 Å². The third-order valence-corrected chi connectivity index (χ3v) is 3.68. The number of anilines is 2. The van der Waals surface area contributed by atoms with Crippen molar-refractivity contribution in [2.75, 3.05) is 16.8 Å². The van der Waals surface area contributed by atoms with Crippen LogP contribution in [0.15, 0.2) is 36.5 Å². The number of hydrogen-bond acceptors (Lipinski definition) is 7. The van der Waals surface area contributed by atoms with Crippen molar-refractivity contribution in [2.45, 2.75) is 19.4 Å². The monoisotopic (exact) mass is 357 g/mol. The number of carbonyl (C=O) groups is 2. The second-order valence-corrected chi connectivity index (χ2v) is 5.45. The van der Waals surface area contributed by atoms with Crippen LogP contribution in [-0.4, -0.2) is 39.4 Å². The van der Waals surface area contributed by atoms with Crippen LogP contribution in [0.25, 0.3) is 0 Å². The Labute approximate surface area is 148 Å². The van der Waals surface area contributed by atoms with Gasteiger partial charge in [0.1, 0.15) is 12.4 Å². The summed E-state index contributed by atoms with van der Waals surface area (Å²) in [5.74, 6) is -0.933. The molecule has 0 aliphatic carbocycles. The third kappa shape index (κ3) is 3.43. The Hall–Kier alpha value is -3.56. The average molecular weight is 357 g/mol. The molecule has 0 bridgehead atoms. The first kappa shape index (κ1) is 17.3. The van der Waals surface area contributed by atoms with Crippen molar-refractivity contribution >= 4 is 29.3 Å². The van der Waals surface area contributed by atoms with Gasteiger partial charge in [0.25, 0.3) is 11.7 Å². The second-order valence-electron chi connectivity index (χ2n) is 5.45. The van der Waals surface area contributed by atoms with Crippen molar-refractivity contribution < 1.29 is 19.2 Å². The van der Waals surface area contributed by atoms with E-state index in [-0.39, 0.29) is 18.1 Å². The highest BCUT2D eigenvalue weighted by Gasteiger charge is 2.39. The molecule has 1 atom stereocenters. The number of hydrogen-bond donors (Lipinski definition) is 1. The van der Waals surface area contributed by atoms with Gasteiger partial charge in [0, 0.05) is 12.3 Å². The number of nitrogens with zero attached hydrogens (tertiary/aromatic N) is 4. The lowest BCUT2D eigenvalue weighted by atomic mass is 10.2. The summed E-state index contributed by atoms with van der Waals surface area (Å²) in [7, 11) is 0. The maximum atomic E-state index is 12.6. The summed E-state index contributed by atoms with van der Waals surface area (Å²) >= 11 is 0. The van der Waals surface area contributed by atoms with E-state index in [1.54, 1.807) is 25.1 Å². The number of nitrogens with one attached hydrogen (secondary N) is 1. The van der Waals surface area contributed by atoms with Gasteiger partial charge in [0.05, 0.1) is 0 Å². The fraction of sp³-hybridized carbons (Fsp3) is 0.250. The Balaban J connectivity index is 1.89. The first-order chi connectivity index (χ1) is 12.5. The Morgan fingerprint density at radius 3 is 2.85 bits per heavy atom. The first-order valence-corrected chi connectivity index (χ1v) is 7.84. The number of rotatable bonds is 5. The summed E-state index contributed by atoms with van der Waals surface area (Å²) < 4.78 is 5.54. The van der Waals surface area contributed by atoms with Gasteiger partial charge in [-0.25, -0.2) is 4.98 Å². The maximum Gasteiger partial charge on any atom is 0.366 e. The Morgan fingerprint density at radius 2 is 2.19 bits per heavy atom. The summed E-state index contributed by atoms with van der Waals surface area (Å²) in [5.41, 5.74) is 0. The quantitative estimate of drug-likeness (QED) is 0.635. The fourth-order valence-corrected chi connectivity index (χ4v) is 2.47. The molecule has 2 aromatic heterocycles. The number of aromatic nitrogens is 2. The van der Waals surface area contributed by atoms with Crippen LogP contribution in [0.2, 0.25) is 0 Å². The van der Waals surface area contributed by atoms with E-state index in [4.69, 9.17) is 4.74 Å². The van der Waals surface area contributed by atoms with Crippen LogP contribution < -0.4 is 15.0 Å². The zero-order valence-corrected chi connectivity index (χ0v) is 13.8. The van der Waals surface area contributed by atoms with Crippen molar-refractivity contribution in [3.63, 3.8) is 0 Å². The maximum absolute atomic E-state index is 12.6. The van der Waals surface area contributed by atoms with E-state index in [9.17, 15) is 19.7 Å². The van der Waals surface area contributed by atoms with E-state index in [0.29, 0.717) is 12.2 Å². The average Bonchev–Trinajstić information content (AvgIpc) is 2.64. The van der Waals surface area contributed by atoms with Crippen molar-refractivity contribution in [3.05, 3.63) is 46.6 Å². The van der Waals surface area contributed by atoms with Crippen LogP contribution >= 0.6 is 0 Å². The molecule has 26 heavy (non-hydrogen) atoms. The number of ether oxygens (including phenoxy) is 1. The van der Waals surface area contributed by atoms with Crippen molar-refractivity contribution in [3.8, 4) is 5.75 Å². The molecule has 0 aromatic carbocycles. The van der Waals surface area contributed by atoms with Gasteiger partial charge in [0.15, 0.2) is 11.9 Å². The highest BCUT2D eigenvalue weighted by Crippen LogP contribution is 2.34. The predicted molar refractivity (Wildman–Crippen MR) is 90.8 cm³/mol. The van der Waals surface area contributed by atoms with Crippen molar-refractivity contribution in [2.24, 2.45) is 0 Å². The molecular weight excluding hydrogens is 342 g/mol. The molecule has 1 aliphatic rings. The smallest absolute Gasteiger partial charge is 0.366 e. The van der Waals surface area contributed by atoms with Crippen LogP contribution in [-0.2, 0) is 9.59 Å². The summed E-state index contributed by atoms with van der Waals surface area (Å²) in [6.07, 6.45) is 1.12. The van der Waals surface area contributed by atoms with E-state index in [1.165, 1.54) is 18.3 Å². The molecule has 3 rings (SSSR count). The standard InChI is InChI=1S/C16H15N5O5/c1-2-10-16(23)20(9-14(22)18-12-5-3-4-8-17-12)15-11(26-10)6-7-13(19-15)21(24)25/h3-8,10H,2,9H2,1H3,(H,17,18,22). The molecular formula is C16H15N5O5. The minimum absolute atomic E-state index is 0.0509. The number of nitro groups is 1. The van der Waals surface area contributed by atoms with E-state index in [1.807, 2.05) is 0 Å². The van der Waals surface area contributed by atoms with E-state index >= 15 is 0 Å². The van der Waals surface area contributed by atoms with Crippen LogP contribution in [0.3, 0.4) is 0 Å². The second kappa shape index (κ2) is 7.13. The Morgan fingerprint density at radius 1 is 1.38 bits per heavy atom. The number of amides is 2. The van der Waals surface area contributed by atoms with Crippen LogP contribution in [0.5, 0.6) is 5.75 Å². The molecule has 2 amide bonds. The predicted octanol–water partition coefficient (Wildman–Crippen LogP) is 1.53. The Kier molecular flexibility index (Phi) is 4.74. The van der Waals surface area contributed by atoms with E-state index < -0.39 is 28.7 Å². The molecule has 10 nitrogen and oxygen atoms in total. The number of carbonyl (C=O) groups excluding carboxylic acids is 2. The molecule has 3 heterocycles. The Bertz CT molecular complexity index is 857. The zero-order chi connectivity index (χ0) is 18.7. The van der Waals surface area contributed by atoms with Gasteiger partial charge >= 0.3 is 5.82 Å². The van der Waals surface area contributed by atoms with E-state index in [0.717, 1.165) is 4.90 Å². The lowest BCUT2D eigenvalue weighted by Gasteiger charge is -2.30. The molecule has 1 N–H and O–H groups in total. The van der Waals surface area contributed by atoms with Gasteiger partial charge in [-0.1, -0.05) is 13.0 Å². The molecule has 0 saturated carbocycles. The minimum atomic E-state index is -0.784. The lowest BCUT2D eigenvalue weighted by Crippen LogP contribution is -2.49. The largest absolute Gasteiger partial charge is 0.474 e. The van der Waals surface area contributed by atoms with Crippen molar-refractivity contribution in [1.29, 1.82) is 0 Å². The fourth-order valence-electron chi connectivity index (χ4n) is 2.47. The first-order valence-electron chi connectivity index (χ1n) is 7.84. The van der Waals surface area contributed by atoms with Crippen LogP contribution in [0.4, 0.5) is 17.5 Å². The number of fused-ring (bicyclic) bond motifs is 1. The van der Waals surface area contributed by atoms with E-state index in [2.05, 4.69) is 15.3 Å². The molecule has 0 saturated heterocycles. The normalized spacial score (nSPS) is 15.8. The number of pyridine rings is 2. The molecule has 1 unspecified atom stereocenters. The summed E-state index contributed by atoms with van der Waals surface area (Å²) in [5, 5.41) is 13.5. The summed E-state index contributed by atoms with van der Waals surface area (Å²) in [6.45, 7) is 1.40. The van der Waals surface area contributed by atoms with Gasteiger partial charge in [0.2, 0.25) is 5.91 Å². The van der Waals surface area contributed by atoms with Crippen LogP contribution in [0, 0.1) is 10.1 Å². The zero-order valence-electron chi connectivity index (χ0n) is 13.8. The lowest BCUT2D eigenvalue weighted by molar-refractivity contribution is -0.389. The van der Waals surface area contributed by atoms with Gasteiger partial charge < -0.3 is 20.2 Å². The highest BCUT2D eigenvalue weighted by molar-refractivity contribution is 6.05. The highest BCUT2D eigenvalue weighted by atomic mass is 16.6. The molecule has 0 spiro atoms. The molecule has 134 valence electrons. The third-order valence-electron chi connectivity index (χ3n) is 3.68. The van der Waals surface area contributed by atoms with Gasteiger partial charge in [-0.05, 0) is 34.5 Å². The topological polar surface area (TPSA) is 128 Å².